The van der Waals surface area contributed by atoms with Crippen LogP contribution in [-0.2, 0) is 25.6 Å². The van der Waals surface area contributed by atoms with Crippen molar-refractivity contribution in [3.8, 4) is 0 Å². The standard InChI is InChI=1S/C20H25N3O5S/c1-13(2)9-15(18(25)27-3)22-17(24)11-28-19(26)16-12-29-20(23-16)21-10-14-7-5-4-6-8-14/h4-8,12-13,15H,9-11H2,1-3H3,(H,21,23)(H,22,24)/t15-/m1/s1. The fourth-order valence-electron chi connectivity index (χ4n) is 2.49. The zero-order valence-electron chi connectivity index (χ0n) is 16.6. The van der Waals surface area contributed by atoms with Gasteiger partial charge >= 0.3 is 11.9 Å². The van der Waals surface area contributed by atoms with E-state index >= 15 is 0 Å². The second-order valence-corrected chi connectivity index (χ2v) is 7.58. The Bertz CT molecular complexity index is 823. The van der Waals surface area contributed by atoms with E-state index in [0.717, 1.165) is 5.56 Å². The maximum atomic E-state index is 12.1. The predicted molar refractivity (Wildman–Crippen MR) is 110 cm³/mol. The maximum Gasteiger partial charge on any atom is 0.358 e. The second-order valence-electron chi connectivity index (χ2n) is 6.73. The summed E-state index contributed by atoms with van der Waals surface area (Å²) in [6.45, 7) is 3.92. The fourth-order valence-corrected chi connectivity index (χ4v) is 3.17. The largest absolute Gasteiger partial charge is 0.467 e. The second kappa shape index (κ2) is 11.2. The van der Waals surface area contributed by atoms with Crippen LogP contribution in [0.3, 0.4) is 0 Å². The first-order chi connectivity index (χ1) is 13.9. The highest BCUT2D eigenvalue weighted by atomic mass is 32.1. The van der Waals surface area contributed by atoms with Crippen LogP contribution >= 0.6 is 11.3 Å². The number of carbonyl (C=O) groups excluding carboxylic acids is 3. The molecular formula is C20H25N3O5S. The van der Waals surface area contributed by atoms with Gasteiger partial charge in [0.1, 0.15) is 6.04 Å². The van der Waals surface area contributed by atoms with Crippen molar-refractivity contribution in [3.05, 3.63) is 47.0 Å². The number of rotatable bonds is 10. The van der Waals surface area contributed by atoms with Crippen LogP contribution in [-0.4, -0.2) is 42.6 Å². The van der Waals surface area contributed by atoms with Crippen molar-refractivity contribution in [2.75, 3.05) is 19.0 Å². The zero-order chi connectivity index (χ0) is 21.2. The topological polar surface area (TPSA) is 107 Å². The Hall–Kier alpha value is -2.94. The SMILES string of the molecule is COC(=O)[C@@H](CC(C)C)NC(=O)COC(=O)c1csc(NCc2ccccc2)n1. The summed E-state index contributed by atoms with van der Waals surface area (Å²) in [7, 11) is 1.26. The van der Waals surface area contributed by atoms with E-state index in [0.29, 0.717) is 18.1 Å². The number of ether oxygens (including phenoxy) is 2. The minimum Gasteiger partial charge on any atom is -0.467 e. The molecule has 0 radical (unpaired) electrons. The van der Waals surface area contributed by atoms with Crippen LogP contribution in [0.4, 0.5) is 5.13 Å². The molecule has 2 aromatic rings. The average Bonchev–Trinajstić information content (AvgIpc) is 3.19. The van der Waals surface area contributed by atoms with Crippen LogP contribution in [0.5, 0.6) is 0 Å². The molecule has 1 amide bonds. The maximum absolute atomic E-state index is 12.1. The van der Waals surface area contributed by atoms with E-state index in [2.05, 4.69) is 20.4 Å². The van der Waals surface area contributed by atoms with Gasteiger partial charge in [-0.1, -0.05) is 44.2 Å². The molecule has 2 rings (SSSR count). The van der Waals surface area contributed by atoms with Crippen LogP contribution in [0.25, 0.3) is 0 Å². The molecule has 1 aromatic heterocycles. The molecule has 0 fully saturated rings. The lowest BCUT2D eigenvalue weighted by molar-refractivity contribution is -0.145. The van der Waals surface area contributed by atoms with Crippen molar-refractivity contribution in [2.24, 2.45) is 5.92 Å². The van der Waals surface area contributed by atoms with Gasteiger partial charge in [-0.05, 0) is 17.9 Å². The summed E-state index contributed by atoms with van der Waals surface area (Å²) < 4.78 is 9.69. The molecule has 9 heteroatoms. The van der Waals surface area contributed by atoms with E-state index in [1.54, 1.807) is 5.38 Å². The van der Waals surface area contributed by atoms with Crippen molar-refractivity contribution < 1.29 is 23.9 Å². The first-order valence-electron chi connectivity index (χ1n) is 9.16. The molecule has 2 N–H and O–H groups in total. The van der Waals surface area contributed by atoms with E-state index in [1.165, 1.54) is 18.4 Å². The number of aromatic nitrogens is 1. The summed E-state index contributed by atoms with van der Waals surface area (Å²) in [5.41, 5.74) is 1.20. The summed E-state index contributed by atoms with van der Waals surface area (Å²) in [4.78, 5) is 40.1. The van der Waals surface area contributed by atoms with Crippen molar-refractivity contribution in [3.63, 3.8) is 0 Å². The molecule has 0 spiro atoms. The van der Waals surface area contributed by atoms with E-state index in [4.69, 9.17) is 4.74 Å². The van der Waals surface area contributed by atoms with E-state index in [-0.39, 0.29) is 11.6 Å². The van der Waals surface area contributed by atoms with Gasteiger partial charge in [-0.2, -0.15) is 0 Å². The summed E-state index contributed by atoms with van der Waals surface area (Å²) in [6, 6.07) is 9.01. The molecular weight excluding hydrogens is 394 g/mol. The number of thiazole rings is 1. The lowest BCUT2D eigenvalue weighted by atomic mass is 10.0. The van der Waals surface area contributed by atoms with Gasteiger partial charge in [0.15, 0.2) is 17.4 Å². The Balaban J connectivity index is 1.81. The molecule has 0 bridgehead atoms. The summed E-state index contributed by atoms with van der Waals surface area (Å²) in [6.07, 6.45) is 0.425. The van der Waals surface area contributed by atoms with Crippen LogP contribution < -0.4 is 10.6 Å². The number of anilines is 1. The minimum atomic E-state index is -0.778. The number of hydrogen-bond donors (Lipinski definition) is 2. The van der Waals surface area contributed by atoms with Crippen molar-refractivity contribution in [1.29, 1.82) is 0 Å². The van der Waals surface area contributed by atoms with Gasteiger partial charge in [0.05, 0.1) is 7.11 Å². The number of carbonyl (C=O) groups is 3. The van der Waals surface area contributed by atoms with Crippen molar-refractivity contribution in [1.82, 2.24) is 10.3 Å². The highest BCUT2D eigenvalue weighted by Crippen LogP contribution is 2.17. The molecule has 0 aliphatic carbocycles. The number of amides is 1. The molecule has 0 aliphatic heterocycles. The van der Waals surface area contributed by atoms with Crippen LogP contribution in [0.2, 0.25) is 0 Å². The highest BCUT2D eigenvalue weighted by molar-refractivity contribution is 7.13. The van der Waals surface area contributed by atoms with Gasteiger partial charge in [0.2, 0.25) is 0 Å². The lowest BCUT2D eigenvalue weighted by Gasteiger charge is -2.18. The average molecular weight is 420 g/mol. The number of benzene rings is 1. The zero-order valence-corrected chi connectivity index (χ0v) is 17.5. The Morgan fingerprint density at radius 2 is 1.90 bits per heavy atom. The molecule has 1 heterocycles. The Morgan fingerprint density at radius 1 is 1.17 bits per heavy atom. The van der Waals surface area contributed by atoms with Crippen LogP contribution in [0, 0.1) is 5.92 Å². The first kappa shape index (κ1) is 22.4. The fraction of sp³-hybridized carbons (Fsp3) is 0.400. The van der Waals surface area contributed by atoms with Crippen molar-refractivity contribution >= 4 is 34.3 Å². The van der Waals surface area contributed by atoms with Gasteiger partial charge < -0.3 is 20.1 Å². The monoisotopic (exact) mass is 419 g/mol. The number of methoxy groups -OCH3 is 1. The number of nitrogens with one attached hydrogen (secondary N) is 2. The predicted octanol–water partition coefficient (Wildman–Crippen LogP) is 2.62. The van der Waals surface area contributed by atoms with Gasteiger partial charge in [-0.3, -0.25) is 4.79 Å². The molecule has 0 unspecified atom stereocenters. The lowest BCUT2D eigenvalue weighted by Crippen LogP contribution is -2.44. The normalized spacial score (nSPS) is 11.6. The third-order valence-electron chi connectivity index (χ3n) is 3.86. The number of nitrogens with zero attached hydrogens (tertiary/aromatic N) is 1. The smallest absolute Gasteiger partial charge is 0.358 e. The highest BCUT2D eigenvalue weighted by Gasteiger charge is 2.23. The Labute approximate surface area is 173 Å². The van der Waals surface area contributed by atoms with Crippen LogP contribution in [0.1, 0.15) is 36.3 Å². The minimum absolute atomic E-state index is 0.116. The molecule has 156 valence electrons. The third kappa shape index (κ3) is 7.53. The summed E-state index contributed by atoms with van der Waals surface area (Å²) in [5, 5.41) is 7.80. The third-order valence-corrected chi connectivity index (χ3v) is 4.66. The van der Waals surface area contributed by atoms with Crippen LogP contribution in [0.15, 0.2) is 35.7 Å². The Kier molecular flexibility index (Phi) is 8.60. The van der Waals surface area contributed by atoms with E-state index in [1.807, 2.05) is 44.2 Å². The molecule has 29 heavy (non-hydrogen) atoms. The van der Waals surface area contributed by atoms with Gasteiger partial charge in [0.25, 0.3) is 5.91 Å². The molecule has 8 nitrogen and oxygen atoms in total. The van der Waals surface area contributed by atoms with E-state index < -0.39 is 30.5 Å². The number of hydrogen-bond acceptors (Lipinski definition) is 8. The molecule has 0 aliphatic rings. The quantitative estimate of drug-likeness (QED) is 0.570. The van der Waals surface area contributed by atoms with Crippen molar-refractivity contribution in [2.45, 2.75) is 32.9 Å². The molecule has 1 atom stereocenters. The number of esters is 2. The van der Waals surface area contributed by atoms with Gasteiger partial charge in [-0.15, -0.1) is 11.3 Å². The first-order valence-corrected chi connectivity index (χ1v) is 10.0. The van der Waals surface area contributed by atoms with Gasteiger partial charge in [-0.25, -0.2) is 14.6 Å². The van der Waals surface area contributed by atoms with Gasteiger partial charge in [0, 0.05) is 11.9 Å². The molecule has 0 saturated heterocycles. The van der Waals surface area contributed by atoms with E-state index in [9.17, 15) is 14.4 Å². The Morgan fingerprint density at radius 3 is 2.55 bits per heavy atom. The molecule has 1 aromatic carbocycles. The summed E-state index contributed by atoms with van der Waals surface area (Å²) >= 11 is 1.27. The molecule has 0 saturated carbocycles. The summed E-state index contributed by atoms with van der Waals surface area (Å²) in [5.74, 6) is -1.64.